The number of hydrogen-bond acceptors (Lipinski definition) is 2. The normalized spacial score (nSPS) is 15.8. The van der Waals surface area contributed by atoms with Crippen molar-refractivity contribution in [3.05, 3.63) is 71.8 Å². The Morgan fingerprint density at radius 2 is 1.15 bits per heavy atom. The molecule has 0 unspecified atom stereocenters. The summed E-state index contributed by atoms with van der Waals surface area (Å²) in [5.74, 6) is 0.924. The van der Waals surface area contributed by atoms with Crippen LogP contribution >= 0.6 is 0 Å². The number of rotatable bonds is 4. The minimum absolute atomic E-state index is 0.690. The van der Waals surface area contributed by atoms with Crippen molar-refractivity contribution in [1.82, 2.24) is 0 Å². The van der Waals surface area contributed by atoms with E-state index in [2.05, 4.69) is 20.4 Å². The van der Waals surface area contributed by atoms with Gasteiger partial charge in [-0.25, -0.2) is 0 Å². The van der Waals surface area contributed by atoms with Gasteiger partial charge in [-0.15, -0.1) is 0 Å². The van der Waals surface area contributed by atoms with E-state index >= 15 is 0 Å². The van der Waals surface area contributed by atoms with E-state index in [1.807, 2.05) is 48.5 Å². The summed E-state index contributed by atoms with van der Waals surface area (Å²) in [6, 6.07) is 15.9. The average Bonchev–Trinajstić information content (AvgIpc) is 3.05. The SMILES string of the molecule is C=C1CC1(Oc1ccc(C)cc1)Oc1ccc(C)cc1. The van der Waals surface area contributed by atoms with Crippen LogP contribution in [0.4, 0.5) is 0 Å². The zero-order valence-corrected chi connectivity index (χ0v) is 11.8. The highest BCUT2D eigenvalue weighted by atomic mass is 16.7. The molecule has 1 aliphatic carbocycles. The molecule has 2 nitrogen and oxygen atoms in total. The molecule has 0 saturated heterocycles. The number of hydrogen-bond donors (Lipinski definition) is 0. The molecule has 0 amide bonds. The summed E-state index contributed by atoms with van der Waals surface area (Å²) < 4.78 is 12.0. The van der Waals surface area contributed by atoms with Crippen LogP contribution in [0.3, 0.4) is 0 Å². The predicted octanol–water partition coefficient (Wildman–Crippen LogP) is 4.42. The van der Waals surface area contributed by atoms with Crippen LogP contribution in [0.1, 0.15) is 17.5 Å². The topological polar surface area (TPSA) is 18.5 Å². The first-order valence-corrected chi connectivity index (χ1v) is 6.77. The molecule has 0 spiro atoms. The van der Waals surface area contributed by atoms with E-state index in [4.69, 9.17) is 9.47 Å². The lowest BCUT2D eigenvalue weighted by atomic mass is 10.2. The van der Waals surface area contributed by atoms with E-state index in [-0.39, 0.29) is 0 Å². The van der Waals surface area contributed by atoms with Gasteiger partial charge in [-0.2, -0.15) is 0 Å². The van der Waals surface area contributed by atoms with Crippen LogP contribution in [-0.4, -0.2) is 5.79 Å². The second kappa shape index (κ2) is 4.71. The Labute approximate surface area is 119 Å². The molecule has 0 aliphatic heterocycles. The molecule has 1 saturated carbocycles. The first-order valence-electron chi connectivity index (χ1n) is 6.77. The fourth-order valence-electron chi connectivity index (χ4n) is 2.07. The molecule has 2 heteroatoms. The van der Waals surface area contributed by atoms with Gasteiger partial charge in [-0.05, 0) is 38.1 Å². The summed E-state index contributed by atoms with van der Waals surface area (Å²) in [6.07, 6.45) is 0.731. The van der Waals surface area contributed by atoms with Crippen LogP contribution in [0.15, 0.2) is 60.7 Å². The molecule has 0 atom stereocenters. The smallest absolute Gasteiger partial charge is 0.277 e. The number of aryl methyl sites for hydroxylation is 2. The summed E-state index contributed by atoms with van der Waals surface area (Å²) in [7, 11) is 0. The van der Waals surface area contributed by atoms with Gasteiger partial charge in [0.1, 0.15) is 11.5 Å². The predicted molar refractivity (Wildman–Crippen MR) is 80.1 cm³/mol. The maximum absolute atomic E-state index is 5.99. The maximum atomic E-state index is 5.99. The van der Waals surface area contributed by atoms with E-state index in [1.165, 1.54) is 11.1 Å². The van der Waals surface area contributed by atoms with Gasteiger partial charge in [0, 0.05) is 5.57 Å². The third-order valence-corrected chi connectivity index (χ3v) is 3.47. The minimum atomic E-state index is -0.690. The van der Waals surface area contributed by atoms with E-state index in [9.17, 15) is 0 Å². The van der Waals surface area contributed by atoms with E-state index in [1.54, 1.807) is 0 Å². The first kappa shape index (κ1) is 12.8. The van der Waals surface area contributed by atoms with Crippen molar-refractivity contribution in [3.63, 3.8) is 0 Å². The van der Waals surface area contributed by atoms with E-state index in [0.29, 0.717) is 0 Å². The standard InChI is InChI=1S/C18H18O2/c1-13-4-8-16(9-5-13)19-18(12-15(18)3)20-17-10-6-14(2)7-11-17/h4-11H,3,12H2,1-2H3. The summed E-state index contributed by atoms with van der Waals surface area (Å²) in [4.78, 5) is 0. The van der Waals surface area contributed by atoms with Gasteiger partial charge in [-0.3, -0.25) is 0 Å². The molecule has 0 aromatic heterocycles. The van der Waals surface area contributed by atoms with E-state index in [0.717, 1.165) is 23.5 Å². The highest BCUT2D eigenvalue weighted by molar-refractivity contribution is 5.38. The second-order valence-corrected chi connectivity index (χ2v) is 5.36. The zero-order chi connectivity index (χ0) is 14.2. The molecule has 0 bridgehead atoms. The molecule has 102 valence electrons. The fourth-order valence-corrected chi connectivity index (χ4v) is 2.07. The Morgan fingerprint density at radius 3 is 1.45 bits per heavy atom. The van der Waals surface area contributed by atoms with Crippen molar-refractivity contribution in [2.45, 2.75) is 26.1 Å². The lowest BCUT2D eigenvalue weighted by Gasteiger charge is -2.20. The molecule has 0 radical (unpaired) electrons. The van der Waals surface area contributed by atoms with Gasteiger partial charge in [0.05, 0.1) is 6.42 Å². The van der Waals surface area contributed by atoms with Crippen LogP contribution in [0.25, 0.3) is 0 Å². The zero-order valence-electron chi connectivity index (χ0n) is 11.8. The van der Waals surface area contributed by atoms with Crippen molar-refractivity contribution >= 4 is 0 Å². The van der Waals surface area contributed by atoms with Gasteiger partial charge in [0.2, 0.25) is 0 Å². The van der Waals surface area contributed by atoms with Gasteiger partial charge in [0.15, 0.2) is 0 Å². The van der Waals surface area contributed by atoms with Crippen molar-refractivity contribution in [2.24, 2.45) is 0 Å². The summed E-state index contributed by atoms with van der Waals surface area (Å²) in [5, 5.41) is 0. The molecule has 0 N–H and O–H groups in total. The quantitative estimate of drug-likeness (QED) is 0.602. The van der Waals surface area contributed by atoms with Crippen LogP contribution in [0, 0.1) is 13.8 Å². The third kappa shape index (κ3) is 2.55. The minimum Gasteiger partial charge on any atom is -0.448 e. The molecule has 2 aromatic carbocycles. The van der Waals surface area contributed by atoms with Gasteiger partial charge >= 0.3 is 0 Å². The van der Waals surface area contributed by atoms with Crippen LogP contribution < -0.4 is 9.47 Å². The fraction of sp³-hybridized carbons (Fsp3) is 0.222. The largest absolute Gasteiger partial charge is 0.448 e. The molecule has 1 aliphatic rings. The average molecular weight is 266 g/mol. The van der Waals surface area contributed by atoms with Crippen molar-refractivity contribution in [1.29, 1.82) is 0 Å². The summed E-state index contributed by atoms with van der Waals surface area (Å²) in [5.41, 5.74) is 3.39. The number of benzene rings is 2. The molecule has 3 rings (SSSR count). The summed E-state index contributed by atoms with van der Waals surface area (Å²) in [6.45, 7) is 8.11. The van der Waals surface area contributed by atoms with Crippen molar-refractivity contribution in [3.8, 4) is 11.5 Å². The first-order chi connectivity index (χ1) is 9.57. The summed E-state index contributed by atoms with van der Waals surface area (Å²) >= 11 is 0. The second-order valence-electron chi connectivity index (χ2n) is 5.36. The molecule has 0 heterocycles. The molecule has 2 aromatic rings. The Kier molecular flexibility index (Phi) is 3.01. The Hall–Kier alpha value is -2.22. The lowest BCUT2D eigenvalue weighted by molar-refractivity contribution is -0.00821. The number of ether oxygens (including phenoxy) is 2. The molecule has 1 fully saturated rings. The lowest BCUT2D eigenvalue weighted by Crippen LogP contribution is -2.26. The van der Waals surface area contributed by atoms with Crippen molar-refractivity contribution in [2.75, 3.05) is 0 Å². The Balaban J connectivity index is 1.76. The molecule has 20 heavy (non-hydrogen) atoms. The monoisotopic (exact) mass is 266 g/mol. The Bertz CT molecular complexity index is 576. The van der Waals surface area contributed by atoms with Crippen LogP contribution in [0.2, 0.25) is 0 Å². The van der Waals surface area contributed by atoms with Crippen LogP contribution in [-0.2, 0) is 0 Å². The highest BCUT2D eigenvalue weighted by Gasteiger charge is 2.54. The van der Waals surface area contributed by atoms with Crippen molar-refractivity contribution < 1.29 is 9.47 Å². The maximum Gasteiger partial charge on any atom is 0.277 e. The molecular weight excluding hydrogens is 248 g/mol. The van der Waals surface area contributed by atoms with E-state index < -0.39 is 5.79 Å². The van der Waals surface area contributed by atoms with Crippen LogP contribution in [0.5, 0.6) is 11.5 Å². The molecular formula is C18H18O2. The van der Waals surface area contributed by atoms with Gasteiger partial charge in [0.25, 0.3) is 5.79 Å². The van der Waals surface area contributed by atoms with Gasteiger partial charge < -0.3 is 9.47 Å². The highest BCUT2D eigenvalue weighted by Crippen LogP contribution is 2.46. The van der Waals surface area contributed by atoms with Gasteiger partial charge in [-0.1, -0.05) is 42.0 Å². The third-order valence-electron chi connectivity index (χ3n) is 3.47. The Morgan fingerprint density at radius 1 is 0.800 bits per heavy atom.